The third kappa shape index (κ3) is 2.27. The zero-order valence-corrected chi connectivity index (χ0v) is 14.4. The first kappa shape index (κ1) is 15.7. The van der Waals surface area contributed by atoms with Gasteiger partial charge in [-0.15, -0.1) is 0 Å². The molecule has 24 heavy (non-hydrogen) atoms. The van der Waals surface area contributed by atoms with E-state index in [0.717, 1.165) is 22.7 Å². The summed E-state index contributed by atoms with van der Waals surface area (Å²) in [5.41, 5.74) is 3.54. The summed E-state index contributed by atoms with van der Waals surface area (Å²) in [4.78, 5) is 12.4. The van der Waals surface area contributed by atoms with E-state index in [1.807, 2.05) is 17.7 Å². The number of hydrogen-bond donors (Lipinski definition) is 1. The maximum Gasteiger partial charge on any atom is 0.340 e. The number of hydrogen-bond acceptors (Lipinski definition) is 3. The van der Waals surface area contributed by atoms with Gasteiger partial charge in [-0.2, -0.15) is 0 Å². The Hall–Kier alpha value is -1.81. The summed E-state index contributed by atoms with van der Waals surface area (Å²) < 4.78 is 7.14. The first-order valence-electron chi connectivity index (χ1n) is 9.03. The number of carbonyl (C=O) groups excluding carboxylic acids is 1. The van der Waals surface area contributed by atoms with E-state index in [1.165, 1.54) is 31.2 Å². The average Bonchev–Trinajstić information content (AvgIpc) is 3.28. The van der Waals surface area contributed by atoms with Crippen LogP contribution in [0.3, 0.4) is 0 Å². The lowest BCUT2D eigenvalue weighted by molar-refractivity contribution is 0.0524. The van der Waals surface area contributed by atoms with Gasteiger partial charge in [0, 0.05) is 18.0 Å². The van der Waals surface area contributed by atoms with Crippen molar-refractivity contribution in [2.24, 2.45) is 18.9 Å². The molecule has 0 amide bonds. The first-order valence-corrected chi connectivity index (χ1v) is 9.03. The zero-order chi connectivity index (χ0) is 16.8. The van der Waals surface area contributed by atoms with Gasteiger partial charge in [-0.1, -0.05) is 18.6 Å². The number of aromatic nitrogens is 1. The molecule has 2 aliphatic carbocycles. The highest BCUT2D eigenvalue weighted by atomic mass is 16.5. The van der Waals surface area contributed by atoms with Crippen LogP contribution >= 0.6 is 0 Å². The van der Waals surface area contributed by atoms with Crippen LogP contribution in [-0.4, -0.2) is 22.2 Å². The van der Waals surface area contributed by atoms with Crippen molar-refractivity contribution in [1.82, 2.24) is 4.57 Å². The second-order valence-electron chi connectivity index (χ2n) is 7.32. The van der Waals surface area contributed by atoms with E-state index in [-0.39, 0.29) is 12.6 Å². The quantitative estimate of drug-likeness (QED) is 0.870. The Morgan fingerprint density at radius 2 is 2.17 bits per heavy atom. The van der Waals surface area contributed by atoms with Gasteiger partial charge >= 0.3 is 5.97 Å². The van der Waals surface area contributed by atoms with Gasteiger partial charge in [-0.05, 0) is 55.6 Å². The number of benzene rings is 1. The van der Waals surface area contributed by atoms with Gasteiger partial charge in [0.2, 0.25) is 0 Å². The molecule has 4 rings (SSSR count). The Labute approximate surface area is 142 Å². The molecule has 1 N–H and O–H groups in total. The largest absolute Gasteiger partial charge is 0.462 e. The topological polar surface area (TPSA) is 51.5 Å². The minimum atomic E-state index is -0.347. The highest BCUT2D eigenvalue weighted by Crippen LogP contribution is 2.53. The van der Waals surface area contributed by atoms with Crippen LogP contribution in [0.1, 0.15) is 60.1 Å². The van der Waals surface area contributed by atoms with Gasteiger partial charge in [-0.25, -0.2) is 4.79 Å². The number of fused-ring (bicyclic) bond motifs is 3. The van der Waals surface area contributed by atoms with Crippen LogP contribution in [0.5, 0.6) is 0 Å². The molecular weight excluding hydrogens is 302 g/mol. The fourth-order valence-corrected chi connectivity index (χ4v) is 5.01. The molecule has 0 saturated heterocycles. The lowest BCUT2D eigenvalue weighted by Gasteiger charge is -2.22. The lowest BCUT2D eigenvalue weighted by Crippen LogP contribution is -2.08. The van der Waals surface area contributed by atoms with Crippen molar-refractivity contribution in [3.05, 3.63) is 35.0 Å². The summed E-state index contributed by atoms with van der Waals surface area (Å²) in [6, 6.07) is 6.45. The predicted octanol–water partition coefficient (Wildman–Crippen LogP) is 3.75. The van der Waals surface area contributed by atoms with Crippen molar-refractivity contribution < 1.29 is 14.6 Å². The number of rotatable bonds is 4. The lowest BCUT2D eigenvalue weighted by atomic mass is 9.83. The second kappa shape index (κ2) is 5.92. The molecule has 2 saturated carbocycles. The van der Waals surface area contributed by atoms with E-state index in [2.05, 4.69) is 12.1 Å². The number of aliphatic hydroxyl groups is 1. The molecule has 2 fully saturated rings. The summed E-state index contributed by atoms with van der Waals surface area (Å²) in [5.74, 6) is 2.05. The second-order valence-corrected chi connectivity index (χ2v) is 7.32. The molecule has 2 aliphatic rings. The summed E-state index contributed by atoms with van der Waals surface area (Å²) in [6.45, 7) is 1.97. The standard InChI is InChI=1S/C20H25NO3/c1-3-24-20(23)19-15-7-6-14(10-17(15)21(2)18(19)11-22)16-9-12-4-5-13(16)8-12/h6-7,10,12-13,16,22H,3-5,8-9,11H2,1-2H3. The van der Waals surface area contributed by atoms with Gasteiger partial charge in [0.15, 0.2) is 0 Å². The molecule has 1 aromatic heterocycles. The summed E-state index contributed by atoms with van der Waals surface area (Å²) in [6.07, 6.45) is 5.44. The van der Waals surface area contributed by atoms with Crippen LogP contribution in [0.25, 0.3) is 10.9 Å². The van der Waals surface area contributed by atoms with Crippen LogP contribution < -0.4 is 0 Å². The molecule has 3 atom stereocenters. The van der Waals surface area contributed by atoms with E-state index in [1.54, 1.807) is 6.92 Å². The minimum absolute atomic E-state index is 0.164. The van der Waals surface area contributed by atoms with E-state index in [0.29, 0.717) is 23.8 Å². The van der Waals surface area contributed by atoms with Crippen molar-refractivity contribution in [1.29, 1.82) is 0 Å². The van der Waals surface area contributed by atoms with Crippen LogP contribution in [0.15, 0.2) is 18.2 Å². The molecule has 1 heterocycles. The number of aryl methyl sites for hydroxylation is 1. The minimum Gasteiger partial charge on any atom is -0.462 e. The van der Waals surface area contributed by atoms with Crippen molar-refractivity contribution in [3.63, 3.8) is 0 Å². The first-order chi connectivity index (χ1) is 11.6. The van der Waals surface area contributed by atoms with E-state index < -0.39 is 0 Å². The van der Waals surface area contributed by atoms with Gasteiger partial charge in [0.25, 0.3) is 0 Å². The van der Waals surface area contributed by atoms with E-state index in [4.69, 9.17) is 4.74 Å². The molecule has 4 heteroatoms. The summed E-state index contributed by atoms with van der Waals surface area (Å²) >= 11 is 0. The predicted molar refractivity (Wildman–Crippen MR) is 93.0 cm³/mol. The van der Waals surface area contributed by atoms with Crippen LogP contribution in [0.4, 0.5) is 0 Å². The Morgan fingerprint density at radius 3 is 2.79 bits per heavy atom. The SMILES string of the molecule is CCOC(=O)c1c(CO)n(C)c2cc(C3CC4CCC3C4)ccc12. The molecule has 2 bridgehead atoms. The fourth-order valence-electron chi connectivity index (χ4n) is 5.01. The third-order valence-electron chi connectivity index (χ3n) is 6.14. The van der Waals surface area contributed by atoms with Crippen LogP contribution in [-0.2, 0) is 18.4 Å². The number of ether oxygens (including phenoxy) is 1. The van der Waals surface area contributed by atoms with Crippen molar-refractivity contribution in [2.75, 3.05) is 6.61 Å². The molecule has 128 valence electrons. The van der Waals surface area contributed by atoms with Crippen molar-refractivity contribution in [3.8, 4) is 0 Å². The highest BCUT2D eigenvalue weighted by Gasteiger charge is 2.40. The monoisotopic (exact) mass is 327 g/mol. The maximum atomic E-state index is 12.4. The molecule has 0 aliphatic heterocycles. The van der Waals surface area contributed by atoms with Gasteiger partial charge in [0.05, 0.1) is 24.5 Å². The van der Waals surface area contributed by atoms with E-state index in [9.17, 15) is 9.90 Å². The smallest absolute Gasteiger partial charge is 0.340 e. The van der Waals surface area contributed by atoms with Gasteiger partial charge in [-0.3, -0.25) is 0 Å². The van der Waals surface area contributed by atoms with Gasteiger partial charge in [0.1, 0.15) is 0 Å². The normalized spacial score (nSPS) is 25.5. The zero-order valence-electron chi connectivity index (χ0n) is 14.4. The van der Waals surface area contributed by atoms with E-state index >= 15 is 0 Å². The molecule has 1 aromatic carbocycles. The Bertz CT molecular complexity index is 792. The molecule has 0 radical (unpaired) electrons. The molecule has 0 spiro atoms. The number of carbonyl (C=O) groups is 1. The Morgan fingerprint density at radius 1 is 1.33 bits per heavy atom. The Balaban J connectivity index is 1.80. The van der Waals surface area contributed by atoms with Gasteiger partial charge < -0.3 is 14.4 Å². The third-order valence-corrected chi connectivity index (χ3v) is 6.14. The average molecular weight is 327 g/mol. The number of esters is 1. The summed E-state index contributed by atoms with van der Waals surface area (Å²) in [5, 5.41) is 10.6. The Kier molecular flexibility index (Phi) is 3.87. The van der Waals surface area contributed by atoms with Crippen LogP contribution in [0, 0.1) is 11.8 Å². The van der Waals surface area contributed by atoms with Crippen molar-refractivity contribution >= 4 is 16.9 Å². The molecule has 2 aromatic rings. The maximum absolute atomic E-state index is 12.4. The fraction of sp³-hybridized carbons (Fsp3) is 0.550. The molecule has 3 unspecified atom stereocenters. The summed E-state index contributed by atoms with van der Waals surface area (Å²) in [7, 11) is 1.92. The molecular formula is C20H25NO3. The highest BCUT2D eigenvalue weighted by molar-refractivity contribution is 6.06. The number of aliphatic hydroxyl groups excluding tert-OH is 1. The van der Waals surface area contributed by atoms with Crippen molar-refractivity contribution in [2.45, 2.75) is 45.1 Å². The molecule has 4 nitrogen and oxygen atoms in total. The van der Waals surface area contributed by atoms with Crippen LogP contribution in [0.2, 0.25) is 0 Å². The number of nitrogens with zero attached hydrogens (tertiary/aromatic N) is 1.